The van der Waals surface area contributed by atoms with Crippen molar-refractivity contribution in [2.45, 2.75) is 13.5 Å². The van der Waals surface area contributed by atoms with Gasteiger partial charge in [-0.3, -0.25) is 5.43 Å². The summed E-state index contributed by atoms with van der Waals surface area (Å²) in [4.78, 5) is 0. The number of nitrogens with one attached hydrogen (secondary N) is 1. The Balaban J connectivity index is 1.75. The Morgan fingerprint density at radius 1 is 0.893 bits per heavy atom. The zero-order valence-electron chi connectivity index (χ0n) is 16.3. The van der Waals surface area contributed by atoms with E-state index in [4.69, 9.17) is 14.2 Å². The normalized spacial score (nSPS) is 10.7. The molecule has 0 unspecified atom stereocenters. The predicted molar refractivity (Wildman–Crippen MR) is 113 cm³/mol. The average Bonchev–Trinajstić information content (AvgIpc) is 2.74. The van der Waals surface area contributed by atoms with E-state index in [9.17, 15) is 0 Å². The van der Waals surface area contributed by atoms with Gasteiger partial charge in [-0.05, 0) is 36.8 Å². The van der Waals surface area contributed by atoms with E-state index < -0.39 is 0 Å². The Morgan fingerprint density at radius 2 is 1.54 bits per heavy atom. The number of nitrogens with zero attached hydrogens (tertiary/aromatic N) is 1. The van der Waals surface area contributed by atoms with E-state index in [1.807, 2.05) is 73.7 Å². The van der Waals surface area contributed by atoms with Crippen molar-refractivity contribution in [2.24, 2.45) is 5.10 Å². The quantitative estimate of drug-likeness (QED) is 0.442. The van der Waals surface area contributed by atoms with E-state index in [1.54, 1.807) is 20.4 Å². The number of hydrogen-bond acceptors (Lipinski definition) is 5. The maximum atomic E-state index is 5.97. The highest BCUT2D eigenvalue weighted by atomic mass is 16.5. The summed E-state index contributed by atoms with van der Waals surface area (Å²) in [5.74, 6) is 1.75. The maximum absolute atomic E-state index is 5.97. The first-order valence-electron chi connectivity index (χ1n) is 8.98. The van der Waals surface area contributed by atoms with Crippen LogP contribution in [0.5, 0.6) is 17.2 Å². The lowest BCUT2D eigenvalue weighted by atomic mass is 10.2. The van der Waals surface area contributed by atoms with Gasteiger partial charge >= 0.3 is 0 Å². The second-order valence-electron chi connectivity index (χ2n) is 6.26. The molecule has 0 aromatic heterocycles. The molecule has 5 heteroatoms. The SMILES string of the molecule is COc1cc(/C=N/Nc2ccc(C)cc2)cc(OC)c1OCc1ccccc1. The van der Waals surface area contributed by atoms with Crippen molar-refractivity contribution < 1.29 is 14.2 Å². The molecule has 0 amide bonds. The van der Waals surface area contributed by atoms with Gasteiger partial charge in [-0.1, -0.05) is 48.0 Å². The fraction of sp³-hybridized carbons (Fsp3) is 0.174. The summed E-state index contributed by atoms with van der Waals surface area (Å²) in [6.45, 7) is 2.48. The lowest BCUT2D eigenvalue weighted by Gasteiger charge is -2.15. The van der Waals surface area contributed by atoms with Gasteiger partial charge < -0.3 is 14.2 Å². The topological polar surface area (TPSA) is 52.1 Å². The van der Waals surface area contributed by atoms with Crippen LogP contribution in [0.2, 0.25) is 0 Å². The Kier molecular flexibility index (Phi) is 6.52. The molecule has 0 saturated heterocycles. The summed E-state index contributed by atoms with van der Waals surface area (Å²) >= 11 is 0. The van der Waals surface area contributed by atoms with Crippen molar-refractivity contribution in [3.05, 3.63) is 83.4 Å². The van der Waals surface area contributed by atoms with Gasteiger partial charge in [0, 0.05) is 5.56 Å². The highest BCUT2D eigenvalue weighted by Gasteiger charge is 2.14. The van der Waals surface area contributed by atoms with Crippen molar-refractivity contribution in [2.75, 3.05) is 19.6 Å². The fourth-order valence-corrected chi connectivity index (χ4v) is 2.66. The number of aryl methyl sites for hydroxylation is 1. The van der Waals surface area contributed by atoms with Gasteiger partial charge in [0.25, 0.3) is 0 Å². The van der Waals surface area contributed by atoms with E-state index in [-0.39, 0.29) is 0 Å². The Morgan fingerprint density at radius 3 is 2.14 bits per heavy atom. The molecule has 3 aromatic carbocycles. The van der Waals surface area contributed by atoms with Gasteiger partial charge in [0.15, 0.2) is 11.5 Å². The van der Waals surface area contributed by atoms with Gasteiger partial charge in [0.2, 0.25) is 5.75 Å². The molecular weight excluding hydrogens is 352 g/mol. The summed E-state index contributed by atoms with van der Waals surface area (Å²) in [5, 5.41) is 4.29. The van der Waals surface area contributed by atoms with Crippen LogP contribution in [0.3, 0.4) is 0 Å². The standard InChI is InChI=1S/C23H24N2O3/c1-17-9-11-20(12-10-17)25-24-15-19-13-21(26-2)23(22(14-19)27-3)28-16-18-7-5-4-6-8-18/h4-15,25H,16H2,1-3H3/b24-15+. The second kappa shape index (κ2) is 9.46. The molecule has 0 spiro atoms. The van der Waals surface area contributed by atoms with Crippen LogP contribution in [0, 0.1) is 6.92 Å². The summed E-state index contributed by atoms with van der Waals surface area (Å²) in [6.07, 6.45) is 1.71. The molecule has 3 aromatic rings. The van der Waals surface area contributed by atoms with E-state index in [1.165, 1.54) is 5.56 Å². The Bertz CT molecular complexity index is 897. The fourth-order valence-electron chi connectivity index (χ4n) is 2.66. The van der Waals surface area contributed by atoms with Crippen LogP contribution in [0.15, 0.2) is 71.8 Å². The van der Waals surface area contributed by atoms with Crippen LogP contribution in [0.4, 0.5) is 5.69 Å². The first kappa shape index (κ1) is 19.3. The van der Waals surface area contributed by atoms with E-state index in [0.717, 1.165) is 16.8 Å². The average molecular weight is 376 g/mol. The lowest BCUT2D eigenvalue weighted by Crippen LogP contribution is -2.01. The zero-order valence-corrected chi connectivity index (χ0v) is 16.3. The zero-order chi connectivity index (χ0) is 19.8. The molecule has 0 aliphatic heterocycles. The van der Waals surface area contributed by atoms with Gasteiger partial charge in [0.1, 0.15) is 6.61 Å². The molecule has 3 rings (SSSR count). The third-order valence-electron chi connectivity index (χ3n) is 4.17. The van der Waals surface area contributed by atoms with Crippen LogP contribution in [0.1, 0.15) is 16.7 Å². The lowest BCUT2D eigenvalue weighted by molar-refractivity contribution is 0.266. The van der Waals surface area contributed by atoms with Crippen LogP contribution >= 0.6 is 0 Å². The van der Waals surface area contributed by atoms with Crippen molar-refractivity contribution in [1.29, 1.82) is 0 Å². The van der Waals surface area contributed by atoms with Crippen molar-refractivity contribution >= 4 is 11.9 Å². The molecule has 1 N–H and O–H groups in total. The van der Waals surface area contributed by atoms with Crippen molar-refractivity contribution in [3.8, 4) is 17.2 Å². The van der Waals surface area contributed by atoms with Gasteiger partial charge in [0.05, 0.1) is 26.1 Å². The number of rotatable bonds is 8. The summed E-state index contributed by atoms with van der Waals surface area (Å²) in [7, 11) is 3.21. The molecule has 0 saturated carbocycles. The highest BCUT2D eigenvalue weighted by Crippen LogP contribution is 2.38. The van der Waals surface area contributed by atoms with E-state index in [2.05, 4.69) is 10.5 Å². The van der Waals surface area contributed by atoms with Gasteiger partial charge in [-0.15, -0.1) is 0 Å². The molecule has 144 valence electrons. The maximum Gasteiger partial charge on any atom is 0.203 e. The number of ether oxygens (including phenoxy) is 3. The third-order valence-corrected chi connectivity index (χ3v) is 4.17. The molecule has 0 aliphatic rings. The Hall–Kier alpha value is -3.47. The monoisotopic (exact) mass is 376 g/mol. The van der Waals surface area contributed by atoms with Gasteiger partial charge in [-0.25, -0.2) is 0 Å². The molecule has 5 nitrogen and oxygen atoms in total. The second-order valence-corrected chi connectivity index (χ2v) is 6.26. The number of hydrogen-bond donors (Lipinski definition) is 1. The number of benzene rings is 3. The van der Waals surface area contributed by atoms with Gasteiger partial charge in [-0.2, -0.15) is 5.10 Å². The van der Waals surface area contributed by atoms with Crippen LogP contribution in [-0.4, -0.2) is 20.4 Å². The molecule has 0 atom stereocenters. The summed E-state index contributed by atoms with van der Waals surface area (Å²) < 4.78 is 17.0. The minimum atomic E-state index is 0.427. The number of anilines is 1. The smallest absolute Gasteiger partial charge is 0.203 e. The van der Waals surface area contributed by atoms with E-state index in [0.29, 0.717) is 23.9 Å². The first-order valence-corrected chi connectivity index (χ1v) is 8.98. The predicted octanol–water partition coefficient (Wildman–Crippen LogP) is 5.04. The molecule has 0 fully saturated rings. The highest BCUT2D eigenvalue weighted by molar-refractivity contribution is 5.83. The minimum Gasteiger partial charge on any atom is -0.493 e. The molecule has 0 aliphatic carbocycles. The molecular formula is C23H24N2O3. The van der Waals surface area contributed by atoms with Crippen LogP contribution < -0.4 is 19.6 Å². The van der Waals surface area contributed by atoms with Crippen molar-refractivity contribution in [3.63, 3.8) is 0 Å². The van der Waals surface area contributed by atoms with E-state index >= 15 is 0 Å². The molecule has 0 radical (unpaired) electrons. The van der Waals surface area contributed by atoms with Crippen LogP contribution in [0.25, 0.3) is 0 Å². The molecule has 0 bridgehead atoms. The number of hydrazone groups is 1. The summed E-state index contributed by atoms with van der Waals surface area (Å²) in [6, 6.07) is 21.7. The minimum absolute atomic E-state index is 0.427. The summed E-state index contributed by atoms with van der Waals surface area (Å²) in [5.41, 5.74) is 7.04. The molecule has 0 heterocycles. The largest absolute Gasteiger partial charge is 0.493 e. The number of methoxy groups -OCH3 is 2. The third kappa shape index (κ3) is 5.04. The first-order chi connectivity index (χ1) is 13.7. The van der Waals surface area contributed by atoms with Crippen molar-refractivity contribution in [1.82, 2.24) is 0 Å². The molecule has 28 heavy (non-hydrogen) atoms. The van der Waals surface area contributed by atoms with Crippen LogP contribution in [-0.2, 0) is 6.61 Å². The Labute approximate surface area is 165 Å².